The fourth-order valence-electron chi connectivity index (χ4n) is 2.67. The average molecular weight is 458 g/mol. The van der Waals surface area contributed by atoms with Crippen LogP contribution in [0.4, 0.5) is 0 Å². The van der Waals surface area contributed by atoms with Crippen molar-refractivity contribution in [1.82, 2.24) is 5.32 Å². The SMILES string of the molecule is CC(Cc1ccc(OCOC(=O)CP(=O)(O)O)cc1)NCC(O)c1cccc(Cl)c1. The summed E-state index contributed by atoms with van der Waals surface area (Å²) in [7, 11) is -4.44. The van der Waals surface area contributed by atoms with Crippen LogP contribution < -0.4 is 10.1 Å². The van der Waals surface area contributed by atoms with E-state index < -0.39 is 32.6 Å². The third-order valence-electron chi connectivity index (χ3n) is 4.14. The fraction of sp³-hybridized carbons (Fsp3) is 0.350. The van der Waals surface area contributed by atoms with Crippen molar-refractivity contribution >= 4 is 25.2 Å². The number of carbonyl (C=O) groups is 1. The molecule has 0 aliphatic heterocycles. The minimum Gasteiger partial charge on any atom is -0.457 e. The summed E-state index contributed by atoms with van der Waals surface area (Å²) in [6, 6.07) is 14.4. The van der Waals surface area contributed by atoms with Gasteiger partial charge in [0.1, 0.15) is 11.9 Å². The van der Waals surface area contributed by atoms with Crippen LogP contribution in [0.5, 0.6) is 5.75 Å². The van der Waals surface area contributed by atoms with E-state index >= 15 is 0 Å². The zero-order valence-corrected chi connectivity index (χ0v) is 18.1. The molecule has 0 aromatic heterocycles. The number of aliphatic hydroxyl groups is 1. The highest BCUT2D eigenvalue weighted by molar-refractivity contribution is 7.52. The van der Waals surface area contributed by atoms with Crippen LogP contribution in [0.1, 0.15) is 24.2 Å². The molecule has 0 saturated heterocycles. The number of esters is 1. The van der Waals surface area contributed by atoms with Crippen molar-refractivity contribution in [2.45, 2.75) is 25.5 Å². The number of aliphatic hydroxyl groups excluding tert-OH is 1. The van der Waals surface area contributed by atoms with E-state index in [4.69, 9.17) is 26.1 Å². The lowest BCUT2D eigenvalue weighted by Gasteiger charge is -2.18. The van der Waals surface area contributed by atoms with Crippen LogP contribution in [-0.4, -0.2) is 46.4 Å². The number of nitrogens with one attached hydrogen (secondary N) is 1. The maximum atomic E-state index is 11.2. The maximum Gasteiger partial charge on any atom is 0.336 e. The van der Waals surface area contributed by atoms with E-state index in [0.717, 1.165) is 17.5 Å². The van der Waals surface area contributed by atoms with E-state index in [1.165, 1.54) is 0 Å². The molecule has 0 aliphatic rings. The molecule has 0 spiro atoms. The molecule has 2 rings (SSSR count). The molecule has 0 fully saturated rings. The number of benzene rings is 2. The third kappa shape index (κ3) is 9.26. The van der Waals surface area contributed by atoms with E-state index in [1.807, 2.05) is 25.1 Å². The first-order valence-electron chi connectivity index (χ1n) is 9.21. The lowest BCUT2D eigenvalue weighted by atomic mass is 10.1. The smallest absolute Gasteiger partial charge is 0.336 e. The molecule has 0 radical (unpaired) electrons. The fourth-order valence-corrected chi connectivity index (χ4v) is 3.30. The summed E-state index contributed by atoms with van der Waals surface area (Å²) in [5.41, 5.74) is 1.79. The lowest BCUT2D eigenvalue weighted by Crippen LogP contribution is -2.32. The molecule has 10 heteroatoms. The number of hydrogen-bond donors (Lipinski definition) is 4. The quantitative estimate of drug-likeness (QED) is 0.230. The minimum atomic E-state index is -4.44. The van der Waals surface area contributed by atoms with Crippen molar-refractivity contribution in [3.8, 4) is 5.75 Å². The highest BCUT2D eigenvalue weighted by Gasteiger charge is 2.20. The summed E-state index contributed by atoms with van der Waals surface area (Å²) in [5, 5.41) is 14.1. The summed E-state index contributed by atoms with van der Waals surface area (Å²) in [6.07, 6.45) is -0.915. The van der Waals surface area contributed by atoms with Gasteiger partial charge in [0.05, 0.1) is 6.10 Å². The van der Waals surface area contributed by atoms with Gasteiger partial charge in [-0.1, -0.05) is 35.9 Å². The summed E-state index contributed by atoms with van der Waals surface area (Å²) in [4.78, 5) is 28.6. The number of rotatable bonds is 11. The number of halogens is 1. The molecule has 4 N–H and O–H groups in total. The van der Waals surface area contributed by atoms with Gasteiger partial charge in [-0.3, -0.25) is 9.36 Å². The van der Waals surface area contributed by atoms with E-state index in [1.54, 1.807) is 30.3 Å². The molecule has 8 nitrogen and oxygen atoms in total. The van der Waals surface area contributed by atoms with Gasteiger partial charge in [0.15, 0.2) is 0 Å². The second kappa shape index (κ2) is 11.5. The Morgan fingerprint density at radius 3 is 2.53 bits per heavy atom. The molecule has 164 valence electrons. The zero-order valence-electron chi connectivity index (χ0n) is 16.4. The predicted molar refractivity (Wildman–Crippen MR) is 113 cm³/mol. The van der Waals surface area contributed by atoms with E-state index in [2.05, 4.69) is 10.1 Å². The normalized spacial score (nSPS) is 13.5. The average Bonchev–Trinajstić information content (AvgIpc) is 2.66. The lowest BCUT2D eigenvalue weighted by molar-refractivity contribution is -0.147. The van der Waals surface area contributed by atoms with Gasteiger partial charge in [0.2, 0.25) is 6.79 Å². The maximum absolute atomic E-state index is 11.2. The molecular weight excluding hydrogens is 433 g/mol. The molecule has 2 aromatic rings. The zero-order chi connectivity index (χ0) is 22.1. The Morgan fingerprint density at radius 1 is 1.20 bits per heavy atom. The molecule has 30 heavy (non-hydrogen) atoms. The van der Waals surface area contributed by atoms with Gasteiger partial charge in [-0.25, -0.2) is 0 Å². The van der Waals surface area contributed by atoms with Crippen LogP contribution in [0.25, 0.3) is 0 Å². The summed E-state index contributed by atoms with van der Waals surface area (Å²) in [6.45, 7) is 1.97. The second-order valence-corrected chi connectivity index (χ2v) is 8.91. The van der Waals surface area contributed by atoms with E-state index in [9.17, 15) is 14.5 Å². The monoisotopic (exact) mass is 457 g/mol. The largest absolute Gasteiger partial charge is 0.457 e. The van der Waals surface area contributed by atoms with Crippen LogP contribution in [0.3, 0.4) is 0 Å². The first-order valence-corrected chi connectivity index (χ1v) is 11.4. The highest BCUT2D eigenvalue weighted by Crippen LogP contribution is 2.33. The third-order valence-corrected chi connectivity index (χ3v) is 5.04. The molecule has 0 saturated carbocycles. The summed E-state index contributed by atoms with van der Waals surface area (Å²) in [5.74, 6) is -0.570. The van der Waals surface area contributed by atoms with Gasteiger partial charge in [-0.05, 0) is 48.7 Å². The Bertz CT molecular complexity index is 872. The van der Waals surface area contributed by atoms with Gasteiger partial charge < -0.3 is 29.7 Å². The van der Waals surface area contributed by atoms with Crippen molar-refractivity contribution in [2.75, 3.05) is 19.5 Å². The summed E-state index contributed by atoms with van der Waals surface area (Å²) >= 11 is 5.95. The summed E-state index contributed by atoms with van der Waals surface area (Å²) < 4.78 is 20.6. The Hall–Kier alpha value is -1.93. The molecular formula is C20H25ClNO7P. The number of ether oxygens (including phenoxy) is 2. The minimum absolute atomic E-state index is 0.110. The van der Waals surface area contributed by atoms with Crippen LogP contribution >= 0.6 is 19.2 Å². The van der Waals surface area contributed by atoms with E-state index in [-0.39, 0.29) is 6.04 Å². The standard InChI is InChI=1S/C20H25ClNO7P/c1-14(22-11-19(23)16-3-2-4-17(21)10-16)9-15-5-7-18(8-6-15)28-13-29-20(24)12-30(25,26)27/h2-8,10,14,19,22-23H,9,11-13H2,1H3,(H2,25,26,27). The van der Waals surface area contributed by atoms with Gasteiger partial charge >= 0.3 is 13.6 Å². The second-order valence-electron chi connectivity index (χ2n) is 6.83. The molecule has 0 aliphatic carbocycles. The molecule has 2 atom stereocenters. The number of carbonyl (C=O) groups excluding carboxylic acids is 1. The number of hydrogen-bond acceptors (Lipinski definition) is 6. The van der Waals surface area contributed by atoms with Gasteiger partial charge in [-0.15, -0.1) is 0 Å². The molecule has 2 unspecified atom stereocenters. The van der Waals surface area contributed by atoms with Gasteiger partial charge in [0.25, 0.3) is 0 Å². The molecule has 2 aromatic carbocycles. The molecule has 0 amide bonds. The molecule has 0 heterocycles. The highest BCUT2D eigenvalue weighted by atomic mass is 35.5. The van der Waals surface area contributed by atoms with Crippen LogP contribution in [0, 0.1) is 0 Å². The Balaban J connectivity index is 1.73. The van der Waals surface area contributed by atoms with Crippen LogP contribution in [0.2, 0.25) is 5.02 Å². The van der Waals surface area contributed by atoms with Crippen molar-refractivity contribution < 1.29 is 33.7 Å². The Kier molecular flexibility index (Phi) is 9.30. The first kappa shape index (κ1) is 24.3. The van der Waals surface area contributed by atoms with Gasteiger partial charge in [-0.2, -0.15) is 0 Å². The van der Waals surface area contributed by atoms with Crippen molar-refractivity contribution in [3.63, 3.8) is 0 Å². The Morgan fingerprint density at radius 2 is 1.90 bits per heavy atom. The van der Waals surface area contributed by atoms with E-state index in [0.29, 0.717) is 17.3 Å². The van der Waals surface area contributed by atoms with Crippen molar-refractivity contribution in [3.05, 3.63) is 64.7 Å². The van der Waals surface area contributed by atoms with Crippen LogP contribution in [-0.2, 0) is 20.5 Å². The molecule has 0 bridgehead atoms. The van der Waals surface area contributed by atoms with Crippen molar-refractivity contribution in [2.24, 2.45) is 0 Å². The predicted octanol–water partition coefficient (Wildman–Crippen LogP) is 2.65. The Labute approximate surface area is 179 Å². The van der Waals surface area contributed by atoms with Gasteiger partial charge in [0, 0.05) is 17.6 Å². The van der Waals surface area contributed by atoms with Crippen LogP contribution in [0.15, 0.2) is 48.5 Å². The first-order chi connectivity index (χ1) is 14.1. The topological polar surface area (TPSA) is 125 Å². The van der Waals surface area contributed by atoms with Crippen molar-refractivity contribution in [1.29, 1.82) is 0 Å².